The van der Waals surface area contributed by atoms with Crippen molar-refractivity contribution >= 4 is 42.4 Å². The molecule has 2 aromatic heterocycles. The van der Waals surface area contributed by atoms with Crippen molar-refractivity contribution in [3.8, 4) is 22.6 Å². The Balaban J connectivity index is 1.75. The monoisotopic (exact) mass is 388 g/mol. The van der Waals surface area contributed by atoms with Gasteiger partial charge in [-0.25, -0.2) is 9.97 Å². The van der Waals surface area contributed by atoms with Crippen LogP contribution >= 0.6 is 11.3 Å². The average molecular weight is 388 g/mol. The molecule has 0 fully saturated rings. The van der Waals surface area contributed by atoms with E-state index in [-0.39, 0.29) is 0 Å². The normalized spacial score (nSPS) is 11.4. The first-order chi connectivity index (χ1) is 14.4. The number of fused-ring (bicyclic) bond motifs is 4. The Morgan fingerprint density at radius 1 is 0.586 bits per heavy atom. The molecule has 0 aliphatic heterocycles. The SMILES string of the molecule is c1ccc(-c2nc(-c3cccc4ccccc34)nc3c2sc2ccccc23)cc1. The first kappa shape index (κ1) is 16.4. The molecule has 0 N–H and O–H groups in total. The molecular weight excluding hydrogens is 372 g/mol. The molecule has 0 aliphatic rings. The van der Waals surface area contributed by atoms with Crippen molar-refractivity contribution in [2.45, 2.75) is 0 Å². The highest BCUT2D eigenvalue weighted by molar-refractivity contribution is 7.26. The molecular formula is C26H16N2S. The van der Waals surface area contributed by atoms with Crippen LogP contribution in [0.4, 0.5) is 0 Å². The lowest BCUT2D eigenvalue weighted by molar-refractivity contribution is 1.24. The van der Waals surface area contributed by atoms with E-state index in [1.165, 1.54) is 20.9 Å². The van der Waals surface area contributed by atoms with Crippen molar-refractivity contribution in [3.63, 3.8) is 0 Å². The van der Waals surface area contributed by atoms with Crippen LogP contribution < -0.4 is 0 Å². The summed E-state index contributed by atoms with van der Waals surface area (Å²) >= 11 is 1.77. The number of hydrogen-bond acceptors (Lipinski definition) is 3. The lowest BCUT2D eigenvalue weighted by atomic mass is 10.0. The summed E-state index contributed by atoms with van der Waals surface area (Å²) in [7, 11) is 0. The van der Waals surface area contributed by atoms with Crippen LogP contribution in [0.1, 0.15) is 0 Å². The number of hydrogen-bond donors (Lipinski definition) is 0. The summed E-state index contributed by atoms with van der Waals surface area (Å²) in [6.45, 7) is 0. The third kappa shape index (κ3) is 2.63. The largest absolute Gasteiger partial charge is 0.226 e. The lowest BCUT2D eigenvalue weighted by Crippen LogP contribution is -1.94. The molecule has 0 unspecified atom stereocenters. The molecule has 0 saturated carbocycles. The minimum atomic E-state index is 0.775. The number of nitrogens with zero attached hydrogens (tertiary/aromatic N) is 2. The quantitative estimate of drug-likeness (QED) is 0.310. The Morgan fingerprint density at radius 3 is 2.21 bits per heavy atom. The summed E-state index contributed by atoms with van der Waals surface area (Å²) in [5.41, 5.74) is 4.22. The van der Waals surface area contributed by atoms with Crippen LogP contribution in [0.15, 0.2) is 97.1 Å². The van der Waals surface area contributed by atoms with E-state index >= 15 is 0 Å². The molecule has 2 nitrogen and oxygen atoms in total. The van der Waals surface area contributed by atoms with Crippen LogP contribution in [0.5, 0.6) is 0 Å². The van der Waals surface area contributed by atoms with Crippen LogP contribution in [0.25, 0.3) is 53.7 Å². The van der Waals surface area contributed by atoms with Crippen LogP contribution in [0, 0.1) is 0 Å². The van der Waals surface area contributed by atoms with E-state index in [0.29, 0.717) is 0 Å². The van der Waals surface area contributed by atoms with Gasteiger partial charge in [-0.2, -0.15) is 0 Å². The van der Waals surface area contributed by atoms with Crippen LogP contribution in [0.3, 0.4) is 0 Å². The highest BCUT2D eigenvalue weighted by atomic mass is 32.1. The van der Waals surface area contributed by atoms with Crippen LogP contribution in [-0.2, 0) is 0 Å². The highest BCUT2D eigenvalue weighted by Gasteiger charge is 2.17. The molecule has 29 heavy (non-hydrogen) atoms. The van der Waals surface area contributed by atoms with Crippen LogP contribution in [-0.4, -0.2) is 9.97 Å². The Kier molecular flexibility index (Phi) is 3.68. The van der Waals surface area contributed by atoms with Crippen molar-refractivity contribution in [3.05, 3.63) is 97.1 Å². The molecule has 0 amide bonds. The van der Waals surface area contributed by atoms with Crippen molar-refractivity contribution in [2.24, 2.45) is 0 Å². The maximum Gasteiger partial charge on any atom is 0.161 e. The Labute approximate surface area is 172 Å². The van der Waals surface area contributed by atoms with Crippen molar-refractivity contribution < 1.29 is 0 Å². The highest BCUT2D eigenvalue weighted by Crippen LogP contribution is 2.39. The van der Waals surface area contributed by atoms with Gasteiger partial charge in [-0.15, -0.1) is 11.3 Å². The molecule has 0 radical (unpaired) electrons. The fourth-order valence-corrected chi connectivity index (χ4v) is 5.08. The maximum atomic E-state index is 5.09. The molecule has 136 valence electrons. The molecule has 6 aromatic rings. The van der Waals surface area contributed by atoms with Crippen LogP contribution in [0.2, 0.25) is 0 Å². The zero-order valence-electron chi connectivity index (χ0n) is 15.5. The summed E-state index contributed by atoms with van der Waals surface area (Å²) in [6, 6.07) is 33.6. The fourth-order valence-electron chi connectivity index (χ4n) is 3.92. The second-order valence-corrected chi connectivity index (χ2v) is 8.12. The number of aromatic nitrogens is 2. The van der Waals surface area contributed by atoms with E-state index in [1.807, 2.05) is 6.07 Å². The van der Waals surface area contributed by atoms with E-state index < -0.39 is 0 Å². The van der Waals surface area contributed by atoms with E-state index in [9.17, 15) is 0 Å². The van der Waals surface area contributed by atoms with Crippen molar-refractivity contribution in [2.75, 3.05) is 0 Å². The van der Waals surface area contributed by atoms with Gasteiger partial charge in [0.05, 0.1) is 15.9 Å². The molecule has 3 heteroatoms. The molecule has 0 atom stereocenters. The molecule has 0 aliphatic carbocycles. The van der Waals surface area contributed by atoms with E-state index in [2.05, 4.69) is 91.0 Å². The predicted octanol–water partition coefficient (Wildman–Crippen LogP) is 7.33. The first-order valence-corrected chi connectivity index (χ1v) is 10.4. The third-order valence-electron chi connectivity index (χ3n) is 5.30. The summed E-state index contributed by atoms with van der Waals surface area (Å²) in [4.78, 5) is 10.2. The zero-order chi connectivity index (χ0) is 19.2. The average Bonchev–Trinajstić information content (AvgIpc) is 3.17. The minimum Gasteiger partial charge on any atom is -0.226 e. The molecule has 6 rings (SSSR count). The molecule has 0 saturated heterocycles. The smallest absolute Gasteiger partial charge is 0.161 e. The van der Waals surface area contributed by atoms with Gasteiger partial charge in [0.25, 0.3) is 0 Å². The Bertz CT molecular complexity index is 1490. The van der Waals surface area contributed by atoms with E-state index in [0.717, 1.165) is 32.9 Å². The Hall–Kier alpha value is -3.56. The summed E-state index contributed by atoms with van der Waals surface area (Å²) in [6.07, 6.45) is 0. The van der Waals surface area contributed by atoms with Gasteiger partial charge in [-0.05, 0) is 16.8 Å². The van der Waals surface area contributed by atoms with Gasteiger partial charge in [0.1, 0.15) is 0 Å². The standard InChI is InChI=1S/C26H16N2S/c1-2-10-18(11-3-1)23-25-24(21-14-6-7-16-22(21)29-25)28-26(27-23)20-15-8-12-17-9-4-5-13-19(17)20/h1-16H. The van der Waals surface area contributed by atoms with Gasteiger partial charge in [0.15, 0.2) is 5.82 Å². The number of benzene rings is 4. The predicted molar refractivity (Wildman–Crippen MR) is 123 cm³/mol. The number of thiophene rings is 1. The lowest BCUT2D eigenvalue weighted by Gasteiger charge is -2.09. The van der Waals surface area contributed by atoms with E-state index in [1.54, 1.807) is 11.3 Å². The molecule has 0 spiro atoms. The first-order valence-electron chi connectivity index (χ1n) is 9.61. The maximum absolute atomic E-state index is 5.09. The Morgan fingerprint density at radius 2 is 1.31 bits per heavy atom. The van der Waals surface area contributed by atoms with E-state index in [4.69, 9.17) is 9.97 Å². The summed E-state index contributed by atoms with van der Waals surface area (Å²) in [5, 5.41) is 3.56. The topological polar surface area (TPSA) is 25.8 Å². The van der Waals surface area contributed by atoms with Gasteiger partial charge in [-0.1, -0.05) is 91.0 Å². The van der Waals surface area contributed by atoms with Gasteiger partial charge >= 0.3 is 0 Å². The van der Waals surface area contributed by atoms with Crippen molar-refractivity contribution in [1.29, 1.82) is 0 Å². The van der Waals surface area contributed by atoms with Gasteiger partial charge in [0.2, 0.25) is 0 Å². The second kappa shape index (κ2) is 6.50. The summed E-state index contributed by atoms with van der Waals surface area (Å²) < 4.78 is 2.38. The summed E-state index contributed by atoms with van der Waals surface area (Å²) in [5.74, 6) is 0.775. The second-order valence-electron chi connectivity index (χ2n) is 7.06. The van der Waals surface area contributed by atoms with Gasteiger partial charge in [-0.3, -0.25) is 0 Å². The minimum absolute atomic E-state index is 0.775. The molecule has 0 bridgehead atoms. The molecule has 2 heterocycles. The van der Waals surface area contributed by atoms with Gasteiger partial charge < -0.3 is 0 Å². The number of rotatable bonds is 2. The zero-order valence-corrected chi connectivity index (χ0v) is 16.4. The third-order valence-corrected chi connectivity index (χ3v) is 6.46. The molecule has 4 aromatic carbocycles. The van der Waals surface area contributed by atoms with Crippen molar-refractivity contribution in [1.82, 2.24) is 9.97 Å². The van der Waals surface area contributed by atoms with Gasteiger partial charge in [0, 0.05) is 21.2 Å². The fraction of sp³-hybridized carbons (Fsp3) is 0.